The highest BCUT2D eigenvalue weighted by atomic mass is 16.5. The molecule has 0 bridgehead atoms. The van der Waals surface area contributed by atoms with Crippen LogP contribution in [0.25, 0.3) is 0 Å². The summed E-state index contributed by atoms with van der Waals surface area (Å²) in [7, 11) is 3.79. The number of rotatable bonds is 8. The average Bonchev–Trinajstić information content (AvgIpc) is 2.53. The van der Waals surface area contributed by atoms with E-state index >= 15 is 0 Å². The van der Waals surface area contributed by atoms with Crippen LogP contribution < -0.4 is 10.2 Å². The highest BCUT2D eigenvalue weighted by Gasteiger charge is 2.08. The van der Waals surface area contributed by atoms with Gasteiger partial charge < -0.3 is 15.0 Å². The van der Waals surface area contributed by atoms with E-state index in [1.807, 2.05) is 18.3 Å². The summed E-state index contributed by atoms with van der Waals surface area (Å²) in [5.41, 5.74) is 2.48. The minimum atomic E-state index is 0.718. The monoisotopic (exact) mass is 285 g/mol. The van der Waals surface area contributed by atoms with Crippen molar-refractivity contribution in [3.8, 4) is 0 Å². The Labute approximate surface area is 126 Å². The molecule has 0 saturated heterocycles. The lowest BCUT2D eigenvalue weighted by Gasteiger charge is -2.21. The highest BCUT2D eigenvalue weighted by molar-refractivity contribution is 5.46. The van der Waals surface area contributed by atoms with Crippen LogP contribution in [0.4, 0.5) is 5.82 Å². The fourth-order valence-electron chi connectivity index (χ4n) is 2.24. The summed E-state index contributed by atoms with van der Waals surface area (Å²) in [5, 5.41) is 3.37. The van der Waals surface area contributed by atoms with Crippen LogP contribution in [0.3, 0.4) is 0 Å². The maximum absolute atomic E-state index is 5.05. The summed E-state index contributed by atoms with van der Waals surface area (Å²) < 4.78 is 5.05. The van der Waals surface area contributed by atoms with Crippen LogP contribution in [-0.4, -0.2) is 32.3 Å². The molecule has 112 valence electrons. The first-order valence-electron chi connectivity index (χ1n) is 7.20. The Morgan fingerprint density at radius 2 is 1.95 bits per heavy atom. The standard InChI is InChI=1S/C17H23N3O/c1-20(14-15-7-4-3-5-8-15)17-16(9-6-10-19-17)13-18-11-12-21-2/h3-10,18H,11-14H2,1-2H3. The molecule has 0 atom stereocenters. The fraction of sp³-hybridized carbons (Fsp3) is 0.353. The molecule has 2 rings (SSSR count). The van der Waals surface area contributed by atoms with Crippen LogP contribution in [0, 0.1) is 0 Å². The van der Waals surface area contributed by atoms with Gasteiger partial charge in [-0.25, -0.2) is 4.98 Å². The molecule has 0 aliphatic rings. The van der Waals surface area contributed by atoms with Gasteiger partial charge in [-0.3, -0.25) is 0 Å². The van der Waals surface area contributed by atoms with E-state index in [1.165, 1.54) is 11.1 Å². The summed E-state index contributed by atoms with van der Waals surface area (Å²) in [5.74, 6) is 1.02. The number of pyridine rings is 1. The van der Waals surface area contributed by atoms with Crippen molar-refractivity contribution in [2.75, 3.05) is 32.2 Å². The first-order chi connectivity index (χ1) is 10.3. The molecule has 1 N–H and O–H groups in total. The number of methoxy groups -OCH3 is 1. The van der Waals surface area contributed by atoms with Crippen molar-refractivity contribution in [2.45, 2.75) is 13.1 Å². The van der Waals surface area contributed by atoms with Gasteiger partial charge in [0.1, 0.15) is 5.82 Å². The van der Waals surface area contributed by atoms with Crippen LogP contribution >= 0.6 is 0 Å². The van der Waals surface area contributed by atoms with E-state index in [0.717, 1.165) is 32.1 Å². The molecule has 4 heteroatoms. The number of benzene rings is 1. The van der Waals surface area contributed by atoms with Crippen molar-refractivity contribution >= 4 is 5.82 Å². The van der Waals surface area contributed by atoms with E-state index in [-0.39, 0.29) is 0 Å². The number of ether oxygens (including phenoxy) is 1. The van der Waals surface area contributed by atoms with E-state index in [0.29, 0.717) is 0 Å². The van der Waals surface area contributed by atoms with Crippen molar-refractivity contribution in [3.63, 3.8) is 0 Å². The molecule has 0 radical (unpaired) electrons. The van der Waals surface area contributed by atoms with Crippen LogP contribution in [0.2, 0.25) is 0 Å². The Morgan fingerprint density at radius 3 is 2.71 bits per heavy atom. The second kappa shape index (κ2) is 8.39. The van der Waals surface area contributed by atoms with Crippen molar-refractivity contribution in [3.05, 3.63) is 59.8 Å². The van der Waals surface area contributed by atoms with Gasteiger partial charge in [0.2, 0.25) is 0 Å². The fourth-order valence-corrected chi connectivity index (χ4v) is 2.24. The first kappa shape index (κ1) is 15.5. The zero-order valence-corrected chi connectivity index (χ0v) is 12.7. The van der Waals surface area contributed by atoms with Gasteiger partial charge in [0.15, 0.2) is 0 Å². The summed E-state index contributed by atoms with van der Waals surface area (Å²) in [6.07, 6.45) is 1.84. The molecule has 4 nitrogen and oxygen atoms in total. The lowest BCUT2D eigenvalue weighted by Crippen LogP contribution is -2.23. The van der Waals surface area contributed by atoms with Gasteiger partial charge in [-0.2, -0.15) is 0 Å². The van der Waals surface area contributed by atoms with Gasteiger partial charge in [-0.15, -0.1) is 0 Å². The molecule has 0 unspecified atom stereocenters. The first-order valence-corrected chi connectivity index (χ1v) is 7.20. The van der Waals surface area contributed by atoms with Gasteiger partial charge in [-0.05, 0) is 11.6 Å². The Balaban J connectivity index is 2.01. The van der Waals surface area contributed by atoms with Crippen molar-refractivity contribution in [1.29, 1.82) is 0 Å². The van der Waals surface area contributed by atoms with Gasteiger partial charge in [0.05, 0.1) is 6.61 Å². The Morgan fingerprint density at radius 1 is 1.14 bits per heavy atom. The minimum Gasteiger partial charge on any atom is -0.383 e. The minimum absolute atomic E-state index is 0.718. The van der Waals surface area contributed by atoms with Crippen LogP contribution in [0.1, 0.15) is 11.1 Å². The van der Waals surface area contributed by atoms with E-state index < -0.39 is 0 Å². The SMILES string of the molecule is COCCNCc1cccnc1N(C)Cc1ccccc1. The normalized spacial score (nSPS) is 10.6. The van der Waals surface area contributed by atoms with E-state index in [4.69, 9.17) is 4.74 Å². The molecule has 0 saturated carbocycles. The molecule has 1 heterocycles. The zero-order chi connectivity index (χ0) is 14.9. The second-order valence-electron chi connectivity index (χ2n) is 5.00. The van der Waals surface area contributed by atoms with E-state index in [9.17, 15) is 0 Å². The quantitative estimate of drug-likeness (QED) is 0.756. The maximum Gasteiger partial charge on any atom is 0.133 e. The molecular weight excluding hydrogens is 262 g/mol. The molecule has 21 heavy (non-hydrogen) atoms. The second-order valence-corrected chi connectivity index (χ2v) is 5.00. The van der Waals surface area contributed by atoms with Gasteiger partial charge in [-0.1, -0.05) is 36.4 Å². The average molecular weight is 285 g/mol. The van der Waals surface area contributed by atoms with Gasteiger partial charge in [0.25, 0.3) is 0 Å². The van der Waals surface area contributed by atoms with Gasteiger partial charge >= 0.3 is 0 Å². The lowest BCUT2D eigenvalue weighted by atomic mass is 10.2. The maximum atomic E-state index is 5.05. The molecule has 1 aromatic carbocycles. The Hall–Kier alpha value is -1.91. The van der Waals surface area contributed by atoms with E-state index in [1.54, 1.807) is 7.11 Å². The van der Waals surface area contributed by atoms with Crippen LogP contribution in [-0.2, 0) is 17.8 Å². The Bertz CT molecular complexity index is 531. The molecular formula is C17H23N3O. The van der Waals surface area contributed by atoms with Crippen LogP contribution in [0.15, 0.2) is 48.7 Å². The number of aromatic nitrogens is 1. The highest BCUT2D eigenvalue weighted by Crippen LogP contribution is 2.17. The third kappa shape index (κ3) is 4.85. The third-order valence-corrected chi connectivity index (χ3v) is 3.29. The number of hydrogen-bond acceptors (Lipinski definition) is 4. The number of nitrogens with one attached hydrogen (secondary N) is 1. The van der Waals surface area contributed by atoms with Gasteiger partial charge in [0, 0.05) is 45.6 Å². The number of hydrogen-bond donors (Lipinski definition) is 1. The largest absolute Gasteiger partial charge is 0.383 e. The summed E-state index contributed by atoms with van der Waals surface area (Å²) in [4.78, 5) is 6.71. The molecule has 0 aliphatic carbocycles. The predicted octanol–water partition coefficient (Wildman–Crippen LogP) is 2.45. The lowest BCUT2D eigenvalue weighted by molar-refractivity contribution is 0.199. The van der Waals surface area contributed by atoms with Crippen LogP contribution in [0.5, 0.6) is 0 Å². The van der Waals surface area contributed by atoms with Crippen molar-refractivity contribution in [1.82, 2.24) is 10.3 Å². The molecule has 2 aromatic rings. The zero-order valence-electron chi connectivity index (χ0n) is 12.7. The summed E-state index contributed by atoms with van der Waals surface area (Å²) in [6, 6.07) is 14.5. The van der Waals surface area contributed by atoms with Crippen molar-refractivity contribution < 1.29 is 4.74 Å². The summed E-state index contributed by atoms with van der Waals surface area (Å²) >= 11 is 0. The van der Waals surface area contributed by atoms with E-state index in [2.05, 4.69) is 52.6 Å². The van der Waals surface area contributed by atoms with Crippen molar-refractivity contribution in [2.24, 2.45) is 0 Å². The number of nitrogens with zero attached hydrogens (tertiary/aromatic N) is 2. The molecule has 1 aromatic heterocycles. The smallest absolute Gasteiger partial charge is 0.133 e. The topological polar surface area (TPSA) is 37.4 Å². The molecule has 0 spiro atoms. The molecule has 0 amide bonds. The molecule has 0 aliphatic heterocycles. The molecule has 0 fully saturated rings. The third-order valence-electron chi connectivity index (χ3n) is 3.29. The summed E-state index contributed by atoms with van der Waals surface area (Å²) in [6.45, 7) is 3.21. The number of anilines is 1. The predicted molar refractivity (Wildman–Crippen MR) is 86.4 cm³/mol. The Kier molecular flexibility index (Phi) is 6.19.